The molecule has 2 heterocycles. The summed E-state index contributed by atoms with van der Waals surface area (Å²) in [5.41, 5.74) is 1.12. The van der Waals surface area contributed by atoms with Crippen molar-refractivity contribution in [2.45, 2.75) is 19.5 Å². The zero-order chi connectivity index (χ0) is 20.3. The van der Waals surface area contributed by atoms with Gasteiger partial charge in [0, 0.05) is 30.7 Å². The number of halogens is 3. The molecule has 0 bridgehead atoms. The number of alkyl halides is 3. The van der Waals surface area contributed by atoms with Crippen molar-refractivity contribution in [3.05, 3.63) is 47.8 Å². The summed E-state index contributed by atoms with van der Waals surface area (Å²) in [5, 5.41) is 13.8. The number of carboxylic acids is 1. The van der Waals surface area contributed by atoms with E-state index in [1.54, 1.807) is 13.0 Å². The van der Waals surface area contributed by atoms with Crippen molar-refractivity contribution in [2.24, 2.45) is 0 Å². The van der Waals surface area contributed by atoms with Crippen LogP contribution in [0.5, 0.6) is 0 Å². The van der Waals surface area contributed by atoms with E-state index in [2.05, 4.69) is 20.3 Å². The maximum absolute atomic E-state index is 12.7. The molecule has 1 aromatic carbocycles. The monoisotopic (exact) mass is 430 g/mol. The minimum absolute atomic E-state index is 0. The number of carboxylic acid groups (broad SMARTS) is 1. The van der Waals surface area contributed by atoms with Gasteiger partial charge in [-0.25, -0.2) is 15.0 Å². The molecule has 0 unspecified atom stereocenters. The van der Waals surface area contributed by atoms with E-state index < -0.39 is 17.7 Å². The second kappa shape index (κ2) is 9.66. The van der Waals surface area contributed by atoms with Gasteiger partial charge >= 0.3 is 35.7 Å². The van der Waals surface area contributed by atoms with E-state index in [9.17, 15) is 23.1 Å². The van der Waals surface area contributed by atoms with Gasteiger partial charge in [0.05, 0.1) is 21.8 Å². The largest absolute Gasteiger partial charge is 1.00 e. The number of rotatable bonds is 6. The molecule has 0 aliphatic heterocycles. The summed E-state index contributed by atoms with van der Waals surface area (Å²) in [6, 6.07) is 6.50. The zero-order valence-electron chi connectivity index (χ0n) is 15.6. The Morgan fingerprint density at radius 3 is 2.48 bits per heavy atom. The van der Waals surface area contributed by atoms with Crippen LogP contribution in [0, 0.1) is 6.92 Å². The Balaban J connectivity index is 0.00000300. The molecule has 29 heavy (non-hydrogen) atoms. The first kappa shape index (κ1) is 23.3. The van der Waals surface area contributed by atoms with Gasteiger partial charge in [-0.15, -0.1) is 11.3 Å². The van der Waals surface area contributed by atoms with Crippen LogP contribution in [0.1, 0.15) is 17.7 Å². The van der Waals surface area contributed by atoms with E-state index in [0.29, 0.717) is 22.0 Å². The molecule has 6 nitrogen and oxygen atoms in total. The molecular formula is C18H14F3N4NaO2S. The molecule has 0 aliphatic rings. The Bertz CT molecular complexity index is 994. The molecule has 0 aliphatic carbocycles. The molecule has 1 N–H and O–H groups in total. The average molecular weight is 430 g/mol. The predicted molar refractivity (Wildman–Crippen MR) is 96.4 cm³/mol. The number of nitrogens with zero attached hydrogens (tertiary/aromatic N) is 3. The number of aryl methyl sites for hydroxylation is 1. The molecule has 3 rings (SSSR count). The van der Waals surface area contributed by atoms with Crippen LogP contribution in [0.25, 0.3) is 21.1 Å². The summed E-state index contributed by atoms with van der Waals surface area (Å²) in [6.45, 7) is 1.91. The van der Waals surface area contributed by atoms with Crippen LogP contribution >= 0.6 is 11.3 Å². The SMILES string of the molecule is Cc1nc(-c2ccc(C(F)(F)F)cc2)sc1-c1ccnc(NCCC(=O)[O-])n1.[Na+]. The molecule has 3 aromatic rings. The van der Waals surface area contributed by atoms with Crippen molar-refractivity contribution in [2.75, 3.05) is 11.9 Å². The van der Waals surface area contributed by atoms with Crippen LogP contribution < -0.4 is 40.0 Å². The first-order chi connectivity index (χ1) is 13.2. The second-order valence-electron chi connectivity index (χ2n) is 5.82. The normalized spacial score (nSPS) is 11.0. The minimum atomic E-state index is -4.39. The number of hydrogen-bond donors (Lipinski definition) is 1. The number of carbonyl (C=O) groups excluding carboxylic acids is 1. The van der Waals surface area contributed by atoms with Crippen LogP contribution in [0.3, 0.4) is 0 Å². The first-order valence-corrected chi connectivity index (χ1v) is 8.98. The van der Waals surface area contributed by atoms with Crippen molar-refractivity contribution in [1.82, 2.24) is 15.0 Å². The molecule has 11 heteroatoms. The summed E-state index contributed by atoms with van der Waals surface area (Å²) in [5.74, 6) is -0.911. The van der Waals surface area contributed by atoms with Crippen LogP contribution in [0.4, 0.5) is 19.1 Å². The fourth-order valence-electron chi connectivity index (χ4n) is 2.41. The standard InChI is InChI=1S/C18H15F3N4O2S.Na/c1-10-15(13-6-8-22-17(25-13)23-9-7-14(26)27)28-16(24-10)11-2-4-12(5-3-11)18(19,20)21;/h2-6,8H,7,9H2,1H3,(H,26,27)(H,22,23,25);/q;+1/p-1. The van der Waals surface area contributed by atoms with Crippen molar-refractivity contribution in [1.29, 1.82) is 0 Å². The fourth-order valence-corrected chi connectivity index (χ4v) is 3.45. The minimum Gasteiger partial charge on any atom is -0.550 e. The van der Waals surface area contributed by atoms with Gasteiger partial charge in [0.15, 0.2) is 0 Å². The van der Waals surface area contributed by atoms with Crippen LogP contribution in [0.15, 0.2) is 36.5 Å². The van der Waals surface area contributed by atoms with Crippen LogP contribution in [-0.4, -0.2) is 27.5 Å². The molecule has 0 fully saturated rings. The average Bonchev–Trinajstić information content (AvgIpc) is 3.03. The van der Waals surface area contributed by atoms with Crippen molar-refractivity contribution in [3.63, 3.8) is 0 Å². The van der Waals surface area contributed by atoms with Gasteiger partial charge in [-0.3, -0.25) is 0 Å². The predicted octanol–water partition coefficient (Wildman–Crippen LogP) is 0.150. The summed E-state index contributed by atoms with van der Waals surface area (Å²) in [6.07, 6.45) is -3.03. The number of carbonyl (C=O) groups is 1. The van der Waals surface area contributed by atoms with Gasteiger partial charge < -0.3 is 15.2 Å². The van der Waals surface area contributed by atoms with Crippen LogP contribution in [-0.2, 0) is 11.0 Å². The molecule has 0 atom stereocenters. The Kier molecular flexibility index (Phi) is 7.75. The zero-order valence-corrected chi connectivity index (χ0v) is 18.4. The van der Waals surface area contributed by atoms with E-state index in [4.69, 9.17) is 0 Å². The van der Waals surface area contributed by atoms with E-state index in [1.165, 1.54) is 29.7 Å². The Morgan fingerprint density at radius 1 is 1.17 bits per heavy atom. The molecule has 2 aromatic heterocycles. The van der Waals surface area contributed by atoms with E-state index in [0.717, 1.165) is 17.0 Å². The number of benzene rings is 1. The fraction of sp³-hybridized carbons (Fsp3) is 0.222. The summed E-state index contributed by atoms with van der Waals surface area (Å²) >= 11 is 1.30. The van der Waals surface area contributed by atoms with Crippen molar-refractivity contribution >= 4 is 23.3 Å². The van der Waals surface area contributed by atoms with E-state index in [-0.39, 0.29) is 48.5 Å². The van der Waals surface area contributed by atoms with Gasteiger partial charge in [0.2, 0.25) is 5.95 Å². The molecule has 146 valence electrons. The number of aromatic nitrogens is 3. The number of nitrogens with one attached hydrogen (secondary N) is 1. The van der Waals surface area contributed by atoms with Gasteiger partial charge in [0.1, 0.15) is 5.01 Å². The quantitative estimate of drug-likeness (QED) is 0.560. The van der Waals surface area contributed by atoms with E-state index >= 15 is 0 Å². The topological polar surface area (TPSA) is 90.8 Å². The number of anilines is 1. The van der Waals surface area contributed by atoms with Gasteiger partial charge in [-0.05, 0) is 25.1 Å². The summed E-state index contributed by atoms with van der Waals surface area (Å²) in [7, 11) is 0. The molecule has 0 spiro atoms. The maximum Gasteiger partial charge on any atom is 1.00 e. The Morgan fingerprint density at radius 2 is 1.86 bits per heavy atom. The third kappa shape index (κ3) is 5.99. The second-order valence-corrected chi connectivity index (χ2v) is 6.82. The summed E-state index contributed by atoms with van der Waals surface area (Å²) in [4.78, 5) is 24.0. The van der Waals surface area contributed by atoms with Gasteiger partial charge in [-0.1, -0.05) is 12.1 Å². The maximum atomic E-state index is 12.7. The van der Waals surface area contributed by atoms with E-state index in [1.807, 2.05) is 0 Å². The number of aliphatic carboxylic acids is 1. The first-order valence-electron chi connectivity index (χ1n) is 8.16. The molecule has 0 amide bonds. The smallest absolute Gasteiger partial charge is 0.550 e. The van der Waals surface area contributed by atoms with Crippen LogP contribution in [0.2, 0.25) is 0 Å². The van der Waals surface area contributed by atoms with Gasteiger partial charge in [-0.2, -0.15) is 13.2 Å². The third-order valence-corrected chi connectivity index (χ3v) is 4.99. The Labute approximate surface area is 190 Å². The number of thiazole rings is 1. The van der Waals surface area contributed by atoms with Crippen molar-refractivity contribution < 1.29 is 52.6 Å². The molecular weight excluding hydrogens is 416 g/mol. The van der Waals surface area contributed by atoms with Crippen molar-refractivity contribution in [3.8, 4) is 21.1 Å². The number of hydrogen-bond acceptors (Lipinski definition) is 7. The third-order valence-electron chi connectivity index (χ3n) is 3.76. The molecule has 0 radical (unpaired) electrons. The molecule has 0 saturated heterocycles. The van der Waals surface area contributed by atoms with Gasteiger partial charge in [0.25, 0.3) is 0 Å². The summed E-state index contributed by atoms with van der Waals surface area (Å²) < 4.78 is 38.1. The molecule has 0 saturated carbocycles. The Hall–Kier alpha value is -2.01.